The number of nitrogens with zero attached hydrogens (tertiary/aromatic N) is 5. The Morgan fingerprint density at radius 3 is 2.67 bits per heavy atom. The molecule has 0 aliphatic rings. The maximum atomic E-state index is 12.8. The van der Waals surface area contributed by atoms with Crippen molar-refractivity contribution in [2.75, 3.05) is 0 Å². The predicted molar refractivity (Wildman–Crippen MR) is 102 cm³/mol. The number of hydrogen-bond acceptors (Lipinski definition) is 7. The van der Waals surface area contributed by atoms with E-state index < -0.39 is 11.2 Å². The number of aromatic nitrogens is 5. The zero-order valence-electron chi connectivity index (χ0n) is 14.6. The summed E-state index contributed by atoms with van der Waals surface area (Å²) in [6.45, 7) is 0. The normalized spacial score (nSPS) is 11.2. The lowest BCUT2D eigenvalue weighted by Gasteiger charge is -2.11. The van der Waals surface area contributed by atoms with Gasteiger partial charge in [-0.2, -0.15) is 0 Å². The first-order chi connectivity index (χ1) is 13.1. The van der Waals surface area contributed by atoms with Gasteiger partial charge in [0.1, 0.15) is 10.4 Å². The van der Waals surface area contributed by atoms with E-state index in [0.29, 0.717) is 27.7 Å². The van der Waals surface area contributed by atoms with Crippen molar-refractivity contribution in [3.05, 3.63) is 69.3 Å². The van der Waals surface area contributed by atoms with Gasteiger partial charge in [-0.1, -0.05) is 6.07 Å². The Hall–Kier alpha value is -3.20. The molecule has 136 valence electrons. The van der Waals surface area contributed by atoms with Crippen molar-refractivity contribution in [3.8, 4) is 11.6 Å². The van der Waals surface area contributed by atoms with Crippen LogP contribution in [0.3, 0.4) is 0 Å². The van der Waals surface area contributed by atoms with Gasteiger partial charge in [-0.05, 0) is 23.8 Å². The number of fused-ring (bicyclic) bond motifs is 1. The summed E-state index contributed by atoms with van der Waals surface area (Å²) in [7, 11) is 3.03. The molecule has 0 aromatic carbocycles. The quantitative estimate of drug-likeness (QED) is 0.394. The number of furan rings is 1. The molecule has 8 nitrogen and oxygen atoms in total. The number of aryl methyl sites for hydroxylation is 1. The zero-order chi connectivity index (χ0) is 19.0. The molecule has 4 rings (SSSR count). The van der Waals surface area contributed by atoms with Gasteiger partial charge < -0.3 is 4.42 Å². The number of thioether (sulfide) groups is 1. The van der Waals surface area contributed by atoms with Crippen LogP contribution < -0.4 is 11.2 Å². The Morgan fingerprint density at radius 2 is 1.96 bits per heavy atom. The molecule has 0 saturated carbocycles. The van der Waals surface area contributed by atoms with Gasteiger partial charge in [0.15, 0.2) is 17.2 Å². The van der Waals surface area contributed by atoms with E-state index in [1.54, 1.807) is 31.6 Å². The topological polar surface area (TPSA) is 95.8 Å². The van der Waals surface area contributed by atoms with E-state index in [1.807, 2.05) is 12.1 Å². The maximum absolute atomic E-state index is 12.8. The molecule has 0 aliphatic carbocycles. The average Bonchev–Trinajstić information content (AvgIpc) is 3.24. The van der Waals surface area contributed by atoms with E-state index in [2.05, 4.69) is 15.0 Å². The summed E-state index contributed by atoms with van der Waals surface area (Å²) in [5.74, 6) is 1.36. The third-order valence-electron chi connectivity index (χ3n) is 4.11. The highest BCUT2D eigenvalue weighted by atomic mass is 32.2. The van der Waals surface area contributed by atoms with Crippen LogP contribution in [0.1, 0.15) is 5.56 Å². The van der Waals surface area contributed by atoms with Gasteiger partial charge in [-0.15, -0.1) is 11.8 Å². The molecule has 0 N–H and O–H groups in total. The van der Waals surface area contributed by atoms with Crippen LogP contribution in [0.25, 0.3) is 22.6 Å². The highest BCUT2D eigenvalue weighted by Crippen LogP contribution is 2.28. The van der Waals surface area contributed by atoms with Crippen LogP contribution in [0.5, 0.6) is 0 Å². The number of hydrogen-bond donors (Lipinski definition) is 0. The highest BCUT2D eigenvalue weighted by molar-refractivity contribution is 7.98. The van der Waals surface area contributed by atoms with E-state index in [1.165, 1.54) is 29.6 Å². The first kappa shape index (κ1) is 17.2. The van der Waals surface area contributed by atoms with E-state index in [4.69, 9.17) is 4.42 Å². The summed E-state index contributed by atoms with van der Waals surface area (Å²) in [6.07, 6.45) is 4.99. The second-order valence-electron chi connectivity index (χ2n) is 5.88. The van der Waals surface area contributed by atoms with Crippen molar-refractivity contribution in [2.24, 2.45) is 14.1 Å². The fraction of sp³-hybridized carbons (Fsp3) is 0.167. The molecule has 4 aromatic heterocycles. The molecule has 0 atom stereocenters. The Morgan fingerprint density at radius 1 is 1.11 bits per heavy atom. The Labute approximate surface area is 157 Å². The minimum Gasteiger partial charge on any atom is -0.461 e. The van der Waals surface area contributed by atoms with Gasteiger partial charge >= 0.3 is 5.69 Å². The molecule has 0 fully saturated rings. The lowest BCUT2D eigenvalue weighted by Crippen LogP contribution is -2.37. The molecule has 0 amide bonds. The molecule has 27 heavy (non-hydrogen) atoms. The molecule has 0 saturated heterocycles. The van der Waals surface area contributed by atoms with Gasteiger partial charge in [0.05, 0.1) is 6.26 Å². The fourth-order valence-electron chi connectivity index (χ4n) is 2.68. The number of rotatable bonds is 4. The molecule has 4 aromatic rings. The molecule has 0 unspecified atom stereocenters. The Balaban J connectivity index is 1.94. The van der Waals surface area contributed by atoms with E-state index in [9.17, 15) is 9.59 Å². The standard InChI is InChI=1S/C18H15N5O3S/c1-22-15-13(17(24)23(2)18(22)25)16(27-10-11-5-3-7-19-9-11)21-14(20-15)12-6-4-8-26-12/h3-9H,10H2,1-2H3. The monoisotopic (exact) mass is 381 g/mol. The molecule has 4 heterocycles. The molecule has 0 bridgehead atoms. The molecule has 0 spiro atoms. The fourth-order valence-corrected chi connectivity index (χ4v) is 3.63. The summed E-state index contributed by atoms with van der Waals surface area (Å²) in [5.41, 5.74) is 0.404. The van der Waals surface area contributed by atoms with Gasteiger partial charge in [-0.3, -0.25) is 18.9 Å². The van der Waals surface area contributed by atoms with Crippen molar-refractivity contribution < 1.29 is 4.42 Å². The first-order valence-corrected chi connectivity index (χ1v) is 9.08. The van der Waals surface area contributed by atoms with Gasteiger partial charge in [0.2, 0.25) is 0 Å². The van der Waals surface area contributed by atoms with Crippen molar-refractivity contribution >= 4 is 22.8 Å². The summed E-state index contributed by atoms with van der Waals surface area (Å²) < 4.78 is 7.80. The third-order valence-corrected chi connectivity index (χ3v) is 5.15. The van der Waals surface area contributed by atoms with Gasteiger partial charge in [0.25, 0.3) is 5.56 Å². The second-order valence-corrected chi connectivity index (χ2v) is 6.85. The SMILES string of the molecule is Cn1c(=O)c2c(SCc3cccnc3)nc(-c3ccco3)nc2n(C)c1=O. The minimum absolute atomic E-state index is 0.276. The lowest BCUT2D eigenvalue weighted by molar-refractivity contribution is 0.576. The van der Waals surface area contributed by atoms with Gasteiger partial charge in [0, 0.05) is 32.2 Å². The van der Waals surface area contributed by atoms with Crippen LogP contribution in [-0.2, 0) is 19.8 Å². The minimum atomic E-state index is -0.445. The van der Waals surface area contributed by atoms with Gasteiger partial charge in [-0.25, -0.2) is 14.8 Å². The average molecular weight is 381 g/mol. The van der Waals surface area contributed by atoms with E-state index >= 15 is 0 Å². The van der Waals surface area contributed by atoms with Crippen molar-refractivity contribution in [1.82, 2.24) is 24.1 Å². The van der Waals surface area contributed by atoms with Crippen LogP contribution in [-0.4, -0.2) is 24.1 Å². The lowest BCUT2D eigenvalue weighted by atomic mass is 10.3. The predicted octanol–water partition coefficient (Wildman–Crippen LogP) is 1.97. The van der Waals surface area contributed by atoms with Crippen LogP contribution in [0.4, 0.5) is 0 Å². The third kappa shape index (κ3) is 3.06. The van der Waals surface area contributed by atoms with Crippen LogP contribution in [0.2, 0.25) is 0 Å². The molecular formula is C18H15N5O3S. The van der Waals surface area contributed by atoms with E-state index in [0.717, 1.165) is 10.1 Å². The summed E-state index contributed by atoms with van der Waals surface area (Å²) in [5, 5.41) is 0.801. The van der Waals surface area contributed by atoms with Crippen LogP contribution in [0.15, 0.2) is 62.0 Å². The summed E-state index contributed by atoms with van der Waals surface area (Å²) >= 11 is 1.39. The molecule has 9 heteroatoms. The van der Waals surface area contributed by atoms with Crippen LogP contribution in [0, 0.1) is 0 Å². The Kier molecular flexibility index (Phi) is 4.36. The summed E-state index contributed by atoms with van der Waals surface area (Å²) in [4.78, 5) is 38.1. The van der Waals surface area contributed by atoms with Crippen molar-refractivity contribution in [1.29, 1.82) is 0 Å². The van der Waals surface area contributed by atoms with E-state index in [-0.39, 0.29) is 5.65 Å². The maximum Gasteiger partial charge on any atom is 0.332 e. The number of pyridine rings is 1. The first-order valence-electron chi connectivity index (χ1n) is 8.09. The molecular weight excluding hydrogens is 366 g/mol. The smallest absolute Gasteiger partial charge is 0.332 e. The summed E-state index contributed by atoms with van der Waals surface area (Å²) in [6, 6.07) is 7.26. The Bertz CT molecular complexity index is 1230. The van der Waals surface area contributed by atoms with Crippen molar-refractivity contribution in [2.45, 2.75) is 10.8 Å². The molecule has 0 aliphatic heterocycles. The second kappa shape index (κ2) is 6.84. The zero-order valence-corrected chi connectivity index (χ0v) is 15.4. The highest BCUT2D eigenvalue weighted by Gasteiger charge is 2.19. The van der Waals surface area contributed by atoms with Crippen LogP contribution >= 0.6 is 11.8 Å². The van der Waals surface area contributed by atoms with Crippen molar-refractivity contribution in [3.63, 3.8) is 0 Å². The molecule has 0 radical (unpaired) electrons. The largest absolute Gasteiger partial charge is 0.461 e.